The minimum absolute atomic E-state index is 0.00714. The molecule has 0 heterocycles. The maximum atomic E-state index is 13.4. The minimum atomic E-state index is -0.850. The van der Waals surface area contributed by atoms with E-state index in [1.807, 2.05) is 0 Å². The van der Waals surface area contributed by atoms with Crippen molar-refractivity contribution in [3.05, 3.63) is 0 Å². The summed E-state index contributed by atoms with van der Waals surface area (Å²) in [6.07, 6.45) is 19.8. The third kappa shape index (κ3) is 7.68. The van der Waals surface area contributed by atoms with E-state index in [1.165, 1.54) is 64.2 Å². The fourth-order valence-corrected chi connectivity index (χ4v) is 9.64. The van der Waals surface area contributed by atoms with Gasteiger partial charge in [-0.15, -0.1) is 0 Å². The quantitative estimate of drug-likeness (QED) is 0.279. The molecule has 5 aliphatic carbocycles. The number of carboxylic acid groups (broad SMARTS) is 2. The molecule has 8 heteroatoms. The molecule has 6 atom stereocenters. The first-order valence-electron chi connectivity index (χ1n) is 17.4. The van der Waals surface area contributed by atoms with Crippen molar-refractivity contribution in [2.75, 3.05) is 0 Å². The van der Waals surface area contributed by atoms with E-state index in [0.717, 1.165) is 38.5 Å². The van der Waals surface area contributed by atoms with Crippen molar-refractivity contribution in [1.29, 1.82) is 0 Å². The molecule has 42 heavy (non-hydrogen) atoms. The van der Waals surface area contributed by atoms with Crippen LogP contribution in [0.2, 0.25) is 0 Å². The monoisotopic (exact) mass is 586 g/mol. The largest absolute Gasteiger partial charge is 0.481 e. The average Bonchev–Trinajstić information content (AvgIpc) is 3.02. The van der Waals surface area contributed by atoms with Gasteiger partial charge >= 0.3 is 11.9 Å². The van der Waals surface area contributed by atoms with Crippen molar-refractivity contribution < 1.29 is 29.4 Å². The Morgan fingerprint density at radius 2 is 0.762 bits per heavy atom. The zero-order valence-corrected chi connectivity index (χ0v) is 25.4. The molecule has 236 valence electrons. The van der Waals surface area contributed by atoms with E-state index in [2.05, 4.69) is 10.6 Å². The molecule has 0 aliphatic heterocycles. The van der Waals surface area contributed by atoms with Gasteiger partial charge in [0.1, 0.15) is 0 Å². The first-order valence-corrected chi connectivity index (χ1v) is 17.4. The van der Waals surface area contributed by atoms with Gasteiger partial charge in [-0.1, -0.05) is 64.2 Å². The van der Waals surface area contributed by atoms with Crippen LogP contribution in [0.15, 0.2) is 0 Å². The second kappa shape index (κ2) is 14.6. The molecule has 0 aromatic rings. The van der Waals surface area contributed by atoms with Crippen LogP contribution < -0.4 is 10.6 Å². The SMILES string of the molecule is O=C(O)C1CCC(C2CCCCC2)CC1C(=O)NC1CCC(NC(=O)C2CC(C3CCCCC3)CCC2C(=O)O)CC1. The van der Waals surface area contributed by atoms with Crippen LogP contribution >= 0.6 is 0 Å². The molecule has 5 rings (SSSR count). The molecule has 0 aromatic carbocycles. The van der Waals surface area contributed by atoms with Gasteiger partial charge in [-0.2, -0.15) is 0 Å². The number of rotatable bonds is 8. The number of amides is 2. The third-order valence-corrected chi connectivity index (χ3v) is 12.1. The number of carbonyl (C=O) groups excluding carboxylic acids is 2. The number of nitrogens with one attached hydrogen (secondary N) is 2. The maximum absolute atomic E-state index is 13.4. The highest BCUT2D eigenvalue weighted by atomic mass is 16.4. The molecule has 0 saturated heterocycles. The van der Waals surface area contributed by atoms with Crippen molar-refractivity contribution in [2.45, 2.75) is 141 Å². The summed E-state index contributed by atoms with van der Waals surface area (Å²) in [6.45, 7) is 0. The normalized spacial score (nSPS) is 37.0. The van der Waals surface area contributed by atoms with Crippen LogP contribution in [0.4, 0.5) is 0 Å². The summed E-state index contributed by atoms with van der Waals surface area (Å²) >= 11 is 0. The Bertz CT molecular complexity index is 874. The van der Waals surface area contributed by atoms with E-state index >= 15 is 0 Å². The second-order valence-corrected chi connectivity index (χ2v) is 14.6. The van der Waals surface area contributed by atoms with Crippen molar-refractivity contribution in [3.63, 3.8) is 0 Å². The van der Waals surface area contributed by atoms with E-state index in [1.54, 1.807) is 0 Å². The zero-order chi connectivity index (χ0) is 29.6. The standard InChI is InChI=1S/C34H54N2O6/c37-31(29-19-23(11-17-27(29)33(39)40)21-7-3-1-4-8-21)35-25-13-15-26(16-14-25)36-32(38)30-20-24(12-18-28(30)34(41)42)22-9-5-2-6-10-22/h21-30H,1-20H2,(H,35,37)(H,36,38)(H,39,40)(H,41,42). The van der Waals surface area contributed by atoms with Crippen LogP contribution in [0.25, 0.3) is 0 Å². The average molecular weight is 587 g/mol. The van der Waals surface area contributed by atoms with E-state index in [-0.39, 0.29) is 23.9 Å². The first kappa shape index (κ1) is 31.3. The summed E-state index contributed by atoms with van der Waals surface area (Å²) in [5.74, 6) is -1.86. The summed E-state index contributed by atoms with van der Waals surface area (Å²) in [5.41, 5.74) is 0. The van der Waals surface area contributed by atoms with Gasteiger partial charge in [-0.05, 0) is 87.9 Å². The van der Waals surface area contributed by atoms with Crippen LogP contribution in [0, 0.1) is 47.3 Å². The summed E-state index contributed by atoms with van der Waals surface area (Å²) in [5, 5.41) is 26.2. The smallest absolute Gasteiger partial charge is 0.307 e. The molecule has 0 radical (unpaired) electrons. The topological polar surface area (TPSA) is 133 Å². The van der Waals surface area contributed by atoms with Crippen LogP contribution in [0.5, 0.6) is 0 Å². The number of carboxylic acids is 2. The fourth-order valence-electron chi connectivity index (χ4n) is 9.64. The lowest BCUT2D eigenvalue weighted by Gasteiger charge is -2.40. The molecule has 0 spiro atoms. The predicted octanol–water partition coefficient (Wildman–Crippen LogP) is 5.92. The second-order valence-electron chi connectivity index (χ2n) is 14.6. The van der Waals surface area contributed by atoms with Gasteiger partial charge in [0, 0.05) is 12.1 Å². The molecule has 5 aliphatic rings. The molecular formula is C34H54N2O6. The van der Waals surface area contributed by atoms with Gasteiger partial charge in [0.2, 0.25) is 11.8 Å². The van der Waals surface area contributed by atoms with E-state index in [4.69, 9.17) is 0 Å². The van der Waals surface area contributed by atoms with Crippen LogP contribution in [-0.4, -0.2) is 46.0 Å². The molecule has 0 aromatic heterocycles. The molecule has 2 amide bonds. The molecule has 4 N–H and O–H groups in total. The maximum Gasteiger partial charge on any atom is 0.307 e. The van der Waals surface area contributed by atoms with Gasteiger partial charge in [-0.3, -0.25) is 19.2 Å². The van der Waals surface area contributed by atoms with Crippen LogP contribution in [-0.2, 0) is 19.2 Å². The highest BCUT2D eigenvalue weighted by molar-refractivity contribution is 5.86. The van der Waals surface area contributed by atoms with E-state index in [9.17, 15) is 29.4 Å². The van der Waals surface area contributed by atoms with Gasteiger partial charge in [0.25, 0.3) is 0 Å². The summed E-state index contributed by atoms with van der Waals surface area (Å²) in [7, 11) is 0. The fraction of sp³-hybridized carbons (Fsp3) is 0.882. The first-order chi connectivity index (χ1) is 20.3. The molecule has 8 nitrogen and oxygen atoms in total. The Balaban J connectivity index is 1.11. The number of hydrogen-bond acceptors (Lipinski definition) is 4. The predicted molar refractivity (Wildman–Crippen MR) is 159 cm³/mol. The zero-order valence-electron chi connectivity index (χ0n) is 25.4. The summed E-state index contributed by atoms with van der Waals surface area (Å²) < 4.78 is 0. The number of aliphatic carboxylic acids is 2. The van der Waals surface area contributed by atoms with Crippen molar-refractivity contribution in [1.82, 2.24) is 10.6 Å². The Morgan fingerprint density at radius 3 is 1.10 bits per heavy atom. The Labute approximate surface area is 251 Å². The Kier molecular flexibility index (Phi) is 10.9. The van der Waals surface area contributed by atoms with Crippen molar-refractivity contribution in [2.24, 2.45) is 47.3 Å². The van der Waals surface area contributed by atoms with Crippen LogP contribution in [0.3, 0.4) is 0 Å². The molecule has 0 bridgehead atoms. The summed E-state index contributed by atoms with van der Waals surface area (Å²) in [6, 6.07) is -0.0143. The molecule has 6 unspecified atom stereocenters. The lowest BCUT2D eigenvalue weighted by atomic mass is 9.66. The van der Waals surface area contributed by atoms with E-state index < -0.39 is 35.6 Å². The highest BCUT2D eigenvalue weighted by Crippen LogP contribution is 2.44. The number of carbonyl (C=O) groups is 4. The lowest BCUT2D eigenvalue weighted by Crippen LogP contribution is -2.50. The lowest BCUT2D eigenvalue weighted by molar-refractivity contribution is -0.150. The van der Waals surface area contributed by atoms with Crippen molar-refractivity contribution in [3.8, 4) is 0 Å². The van der Waals surface area contributed by atoms with Crippen molar-refractivity contribution >= 4 is 23.8 Å². The van der Waals surface area contributed by atoms with Gasteiger partial charge in [0.15, 0.2) is 0 Å². The molecule has 5 fully saturated rings. The molecule has 5 saturated carbocycles. The van der Waals surface area contributed by atoms with Crippen LogP contribution in [0.1, 0.15) is 128 Å². The highest BCUT2D eigenvalue weighted by Gasteiger charge is 2.44. The Morgan fingerprint density at radius 1 is 0.405 bits per heavy atom. The summed E-state index contributed by atoms with van der Waals surface area (Å²) in [4.78, 5) is 51.0. The minimum Gasteiger partial charge on any atom is -0.481 e. The number of hydrogen-bond donors (Lipinski definition) is 4. The van der Waals surface area contributed by atoms with Gasteiger partial charge in [-0.25, -0.2) is 0 Å². The third-order valence-electron chi connectivity index (χ3n) is 12.1. The van der Waals surface area contributed by atoms with Gasteiger partial charge < -0.3 is 20.8 Å². The molecular weight excluding hydrogens is 532 g/mol. The Hall–Kier alpha value is -2.12. The van der Waals surface area contributed by atoms with E-state index in [0.29, 0.717) is 49.4 Å². The van der Waals surface area contributed by atoms with Gasteiger partial charge in [0.05, 0.1) is 23.7 Å².